The van der Waals surface area contributed by atoms with Crippen molar-refractivity contribution in [3.63, 3.8) is 0 Å². The van der Waals surface area contributed by atoms with E-state index in [1.165, 1.54) is 12.4 Å². The Hall–Kier alpha value is -3.99. The molecule has 1 atom stereocenters. The second-order valence-electron chi connectivity index (χ2n) is 7.60. The van der Waals surface area contributed by atoms with Crippen molar-refractivity contribution in [2.75, 3.05) is 24.1 Å². The van der Waals surface area contributed by atoms with Gasteiger partial charge in [0.25, 0.3) is 5.91 Å². The molecular formula is C21H19ClN8O3. The maximum atomic E-state index is 13.1. The van der Waals surface area contributed by atoms with Gasteiger partial charge in [0.2, 0.25) is 5.91 Å². The number of piperidine rings is 1. The minimum atomic E-state index is -0.585. The van der Waals surface area contributed by atoms with Crippen LogP contribution in [-0.2, 0) is 4.79 Å². The zero-order valence-electron chi connectivity index (χ0n) is 17.4. The number of nitrogens with one attached hydrogen (secondary N) is 1. The molecule has 12 heteroatoms. The molecule has 3 aromatic heterocycles. The number of aromatic nitrogens is 5. The summed E-state index contributed by atoms with van der Waals surface area (Å²) in [5.74, 6) is -0.623. The molecule has 0 aliphatic carbocycles. The highest BCUT2D eigenvalue weighted by Gasteiger charge is 2.29. The fraction of sp³-hybridized carbons (Fsp3) is 0.238. The Morgan fingerprint density at radius 2 is 2.18 bits per heavy atom. The molecule has 4 aromatic rings. The number of nitrogen functional groups attached to an aromatic ring is 1. The van der Waals surface area contributed by atoms with Crippen LogP contribution in [0.15, 0.2) is 41.6 Å². The standard InChI is InChI=1S/C21H19ClN8O3/c1-2-14(31)29-8-4-5-11(9-29)30-19-15(18(23)24-10-25-19)16(28-30)20(32)27-21-26-13-7-3-6-12(22)17(13)33-21/h2-3,6-7,10-11H,1,4-5,8-9H2,(H2,23,24,25)(H,26,27,32). The van der Waals surface area contributed by atoms with E-state index < -0.39 is 5.91 Å². The number of nitrogens with two attached hydrogens (primary N) is 1. The average molecular weight is 467 g/mol. The number of para-hydroxylation sites is 1. The third kappa shape index (κ3) is 3.65. The van der Waals surface area contributed by atoms with E-state index in [-0.39, 0.29) is 29.5 Å². The van der Waals surface area contributed by atoms with Crippen LogP contribution in [0.5, 0.6) is 0 Å². The SMILES string of the molecule is C=CC(=O)N1CCCC(n2nc(C(=O)Nc3nc4cccc(Cl)c4o3)c3c(N)ncnc32)C1. The monoisotopic (exact) mass is 466 g/mol. The van der Waals surface area contributed by atoms with E-state index in [1.54, 1.807) is 27.8 Å². The number of nitrogens with zero attached hydrogens (tertiary/aromatic N) is 6. The Morgan fingerprint density at radius 1 is 1.33 bits per heavy atom. The zero-order valence-corrected chi connectivity index (χ0v) is 18.1. The Labute approximate surface area is 192 Å². The van der Waals surface area contributed by atoms with Crippen LogP contribution in [0, 0.1) is 0 Å². The topological polar surface area (TPSA) is 145 Å². The molecule has 1 aromatic carbocycles. The summed E-state index contributed by atoms with van der Waals surface area (Å²) in [6, 6.07) is 4.90. The first kappa shape index (κ1) is 20.9. The highest BCUT2D eigenvalue weighted by molar-refractivity contribution is 6.34. The molecule has 33 heavy (non-hydrogen) atoms. The van der Waals surface area contributed by atoms with Crippen LogP contribution in [0.25, 0.3) is 22.1 Å². The lowest BCUT2D eigenvalue weighted by atomic mass is 10.1. The number of halogens is 1. The van der Waals surface area contributed by atoms with Gasteiger partial charge in [-0.3, -0.25) is 14.9 Å². The predicted octanol–water partition coefficient (Wildman–Crippen LogP) is 2.80. The second-order valence-corrected chi connectivity index (χ2v) is 8.00. The Kier molecular flexibility index (Phi) is 5.17. The lowest BCUT2D eigenvalue weighted by Gasteiger charge is -2.32. The van der Waals surface area contributed by atoms with Gasteiger partial charge in [-0.1, -0.05) is 24.2 Å². The number of rotatable bonds is 4. The first-order valence-corrected chi connectivity index (χ1v) is 10.6. The molecule has 0 spiro atoms. The summed E-state index contributed by atoms with van der Waals surface area (Å²) < 4.78 is 7.22. The Bertz CT molecular complexity index is 1410. The van der Waals surface area contributed by atoms with Gasteiger partial charge in [0.15, 0.2) is 16.9 Å². The van der Waals surface area contributed by atoms with Crippen molar-refractivity contribution in [1.29, 1.82) is 0 Å². The van der Waals surface area contributed by atoms with Gasteiger partial charge in [0.05, 0.1) is 16.5 Å². The van der Waals surface area contributed by atoms with Gasteiger partial charge in [-0.2, -0.15) is 10.1 Å². The maximum Gasteiger partial charge on any atom is 0.302 e. The van der Waals surface area contributed by atoms with Gasteiger partial charge in [-0.15, -0.1) is 0 Å². The lowest BCUT2D eigenvalue weighted by molar-refractivity contribution is -0.127. The molecule has 0 bridgehead atoms. The molecule has 0 saturated carbocycles. The van der Waals surface area contributed by atoms with Gasteiger partial charge in [-0.05, 0) is 31.1 Å². The lowest BCUT2D eigenvalue weighted by Crippen LogP contribution is -2.40. The maximum absolute atomic E-state index is 13.1. The third-order valence-corrected chi connectivity index (χ3v) is 5.85. The molecule has 3 N–H and O–H groups in total. The summed E-state index contributed by atoms with van der Waals surface area (Å²) in [5, 5.41) is 7.82. The molecule has 5 rings (SSSR count). The normalized spacial score (nSPS) is 16.3. The van der Waals surface area contributed by atoms with E-state index in [1.807, 2.05) is 0 Å². The molecule has 168 valence electrons. The number of oxazole rings is 1. The van der Waals surface area contributed by atoms with E-state index in [0.717, 1.165) is 12.8 Å². The first-order valence-electron chi connectivity index (χ1n) is 10.2. The Balaban J connectivity index is 1.51. The minimum absolute atomic E-state index is 0.0263. The van der Waals surface area contributed by atoms with Crippen LogP contribution >= 0.6 is 11.6 Å². The first-order chi connectivity index (χ1) is 16.0. The van der Waals surface area contributed by atoms with E-state index >= 15 is 0 Å². The van der Waals surface area contributed by atoms with Gasteiger partial charge >= 0.3 is 6.01 Å². The van der Waals surface area contributed by atoms with Crippen molar-refractivity contribution in [3.8, 4) is 0 Å². The van der Waals surface area contributed by atoms with Crippen molar-refractivity contribution in [1.82, 2.24) is 29.6 Å². The minimum Gasteiger partial charge on any atom is -0.422 e. The number of hydrogen-bond acceptors (Lipinski definition) is 8. The average Bonchev–Trinajstić information content (AvgIpc) is 3.42. The third-order valence-electron chi connectivity index (χ3n) is 5.55. The van der Waals surface area contributed by atoms with Crippen molar-refractivity contribution in [2.45, 2.75) is 18.9 Å². The van der Waals surface area contributed by atoms with Crippen LogP contribution in [0.4, 0.5) is 11.8 Å². The molecular weight excluding hydrogens is 448 g/mol. The van der Waals surface area contributed by atoms with E-state index in [0.29, 0.717) is 40.2 Å². The van der Waals surface area contributed by atoms with Crippen LogP contribution in [0.1, 0.15) is 29.4 Å². The van der Waals surface area contributed by atoms with Crippen molar-refractivity contribution >= 4 is 57.4 Å². The highest BCUT2D eigenvalue weighted by Crippen LogP contribution is 2.30. The van der Waals surface area contributed by atoms with E-state index in [4.69, 9.17) is 21.8 Å². The number of amides is 2. The van der Waals surface area contributed by atoms with E-state index in [9.17, 15) is 9.59 Å². The number of hydrogen-bond donors (Lipinski definition) is 2. The summed E-state index contributed by atoms with van der Waals surface area (Å²) in [6.07, 6.45) is 4.13. The van der Waals surface area contributed by atoms with Crippen LogP contribution in [-0.4, -0.2) is 54.5 Å². The van der Waals surface area contributed by atoms with Crippen LogP contribution < -0.4 is 11.1 Å². The summed E-state index contributed by atoms with van der Waals surface area (Å²) in [4.78, 5) is 39.5. The number of carbonyl (C=O) groups excluding carboxylic acids is 2. The zero-order chi connectivity index (χ0) is 23.1. The number of benzene rings is 1. The fourth-order valence-electron chi connectivity index (χ4n) is 4.02. The quantitative estimate of drug-likeness (QED) is 0.436. The molecule has 1 fully saturated rings. The summed E-state index contributed by atoms with van der Waals surface area (Å²) >= 11 is 6.13. The summed E-state index contributed by atoms with van der Waals surface area (Å²) in [6.45, 7) is 4.60. The van der Waals surface area contributed by atoms with E-state index in [2.05, 4.69) is 31.9 Å². The van der Waals surface area contributed by atoms with Crippen molar-refractivity contribution < 1.29 is 14.0 Å². The highest BCUT2D eigenvalue weighted by atomic mass is 35.5. The van der Waals surface area contributed by atoms with Crippen molar-refractivity contribution in [2.24, 2.45) is 0 Å². The van der Waals surface area contributed by atoms with Gasteiger partial charge in [0, 0.05) is 13.1 Å². The number of anilines is 2. The summed E-state index contributed by atoms with van der Waals surface area (Å²) in [7, 11) is 0. The second kappa shape index (κ2) is 8.17. The molecule has 2 amide bonds. The molecule has 1 aliphatic rings. The fourth-order valence-corrected chi connectivity index (χ4v) is 4.23. The number of fused-ring (bicyclic) bond motifs is 2. The molecule has 1 unspecified atom stereocenters. The van der Waals surface area contributed by atoms with Gasteiger partial charge < -0.3 is 15.1 Å². The summed E-state index contributed by atoms with van der Waals surface area (Å²) in [5.41, 5.74) is 7.40. The smallest absolute Gasteiger partial charge is 0.302 e. The molecule has 0 radical (unpaired) electrons. The molecule has 11 nitrogen and oxygen atoms in total. The number of carbonyl (C=O) groups is 2. The van der Waals surface area contributed by atoms with Crippen molar-refractivity contribution in [3.05, 3.63) is 47.9 Å². The van der Waals surface area contributed by atoms with Gasteiger partial charge in [-0.25, -0.2) is 14.6 Å². The number of likely N-dealkylation sites (tertiary alicyclic amines) is 1. The predicted molar refractivity (Wildman–Crippen MR) is 122 cm³/mol. The van der Waals surface area contributed by atoms with Crippen LogP contribution in [0.3, 0.4) is 0 Å². The molecule has 4 heterocycles. The van der Waals surface area contributed by atoms with Crippen LogP contribution in [0.2, 0.25) is 5.02 Å². The Morgan fingerprint density at radius 3 is 2.97 bits per heavy atom. The molecule has 1 saturated heterocycles. The largest absolute Gasteiger partial charge is 0.422 e. The van der Waals surface area contributed by atoms with Gasteiger partial charge in [0.1, 0.15) is 17.7 Å². The molecule has 1 aliphatic heterocycles.